The van der Waals surface area contributed by atoms with Crippen molar-refractivity contribution in [1.29, 1.82) is 5.26 Å². The largest absolute Gasteiger partial charge is 0.282 e. The highest BCUT2D eigenvalue weighted by Gasteiger charge is 2.38. The highest BCUT2D eigenvalue weighted by molar-refractivity contribution is 6.67. The molecule has 66 valence electrons. The van der Waals surface area contributed by atoms with Crippen molar-refractivity contribution in [1.82, 2.24) is 9.91 Å². The summed E-state index contributed by atoms with van der Waals surface area (Å²) in [5.74, 6) is 0. The van der Waals surface area contributed by atoms with E-state index in [4.69, 9.17) is 40.1 Å². The van der Waals surface area contributed by atoms with E-state index in [2.05, 4.69) is 5.10 Å². The molecule has 1 unspecified atom stereocenters. The highest BCUT2D eigenvalue weighted by atomic mass is 35.6. The summed E-state index contributed by atoms with van der Waals surface area (Å²) in [7, 11) is 1.63. The van der Waals surface area contributed by atoms with Crippen molar-refractivity contribution in [3.63, 3.8) is 0 Å². The average molecular weight is 227 g/mol. The number of rotatable bonds is 0. The monoisotopic (exact) mass is 226 g/mol. The van der Waals surface area contributed by atoms with Crippen LogP contribution in [0.15, 0.2) is 5.10 Å². The van der Waals surface area contributed by atoms with Crippen molar-refractivity contribution in [2.45, 2.75) is 10.1 Å². The van der Waals surface area contributed by atoms with Crippen molar-refractivity contribution in [3.8, 4) is 6.07 Å². The zero-order valence-corrected chi connectivity index (χ0v) is 8.35. The molecule has 4 nitrogen and oxygen atoms in total. The van der Waals surface area contributed by atoms with E-state index < -0.39 is 10.1 Å². The molecule has 0 N–H and O–H groups in total. The molecule has 1 atom stereocenters. The van der Waals surface area contributed by atoms with Crippen molar-refractivity contribution >= 4 is 41.1 Å². The van der Waals surface area contributed by atoms with Gasteiger partial charge in [-0.15, -0.1) is 0 Å². The molecule has 12 heavy (non-hydrogen) atoms. The first kappa shape index (κ1) is 9.72. The summed E-state index contributed by atoms with van der Waals surface area (Å²) in [6, 6.07) is 1.94. The van der Waals surface area contributed by atoms with Gasteiger partial charge >= 0.3 is 0 Å². The predicted octanol–water partition coefficient (Wildman–Crippen LogP) is 1.35. The van der Waals surface area contributed by atoms with E-state index in [9.17, 15) is 0 Å². The molecule has 0 aromatic heterocycles. The molecule has 7 heteroatoms. The minimum absolute atomic E-state index is 0.655. The molecule has 1 aliphatic rings. The smallest absolute Gasteiger partial charge is 0.271 e. The molecular formula is C5H5Cl3N4. The zero-order valence-electron chi connectivity index (χ0n) is 6.08. The standard InChI is InChI=1S/C5H5Cl3N4/c1-11-4(2-9)12(3-10-11)5(6,7)8/h3-4H,1H3. The lowest BCUT2D eigenvalue weighted by atomic mass is 10.5. The van der Waals surface area contributed by atoms with Gasteiger partial charge in [-0.05, 0) is 0 Å². The van der Waals surface area contributed by atoms with Gasteiger partial charge in [-0.1, -0.05) is 34.8 Å². The van der Waals surface area contributed by atoms with Crippen LogP contribution in [0.2, 0.25) is 0 Å². The first-order valence-corrected chi connectivity index (χ1v) is 4.12. The Morgan fingerprint density at radius 2 is 2.17 bits per heavy atom. The Hall–Kier alpha value is -0.370. The van der Waals surface area contributed by atoms with Crippen LogP contribution in [0.1, 0.15) is 0 Å². The summed E-state index contributed by atoms with van der Waals surface area (Å²) in [5.41, 5.74) is 0. The van der Waals surface area contributed by atoms with Crippen LogP contribution in [-0.2, 0) is 0 Å². The molecule has 0 saturated carbocycles. The van der Waals surface area contributed by atoms with Crippen LogP contribution in [0.5, 0.6) is 0 Å². The summed E-state index contributed by atoms with van der Waals surface area (Å²) in [6.45, 7) is 0. The number of nitrogens with zero attached hydrogens (tertiary/aromatic N) is 4. The van der Waals surface area contributed by atoms with Gasteiger partial charge in [0.25, 0.3) is 3.92 Å². The molecule has 0 spiro atoms. The summed E-state index contributed by atoms with van der Waals surface area (Å²) in [4.78, 5) is 1.23. The molecule has 0 aliphatic carbocycles. The second-order valence-electron chi connectivity index (χ2n) is 2.18. The van der Waals surface area contributed by atoms with Crippen LogP contribution in [0.3, 0.4) is 0 Å². The summed E-state index contributed by atoms with van der Waals surface area (Å²) < 4.78 is -1.63. The summed E-state index contributed by atoms with van der Waals surface area (Å²) in [6.07, 6.45) is 0.665. The van der Waals surface area contributed by atoms with E-state index in [1.54, 1.807) is 7.05 Å². The molecule has 0 saturated heterocycles. The molecule has 1 aliphatic heterocycles. The first-order valence-electron chi connectivity index (χ1n) is 2.98. The number of alkyl halides is 3. The molecule has 1 heterocycles. The average Bonchev–Trinajstić information content (AvgIpc) is 2.29. The maximum absolute atomic E-state index is 8.68. The van der Waals surface area contributed by atoms with Crippen LogP contribution >= 0.6 is 34.8 Å². The van der Waals surface area contributed by atoms with Crippen molar-refractivity contribution in [2.24, 2.45) is 5.10 Å². The number of hydrazone groups is 1. The fraction of sp³-hybridized carbons (Fsp3) is 0.600. The van der Waals surface area contributed by atoms with Crippen LogP contribution in [0.25, 0.3) is 0 Å². The number of hydrogen-bond donors (Lipinski definition) is 0. The van der Waals surface area contributed by atoms with Gasteiger partial charge in [0.2, 0.25) is 6.17 Å². The number of hydrogen-bond acceptors (Lipinski definition) is 4. The van der Waals surface area contributed by atoms with E-state index in [1.807, 2.05) is 6.07 Å². The second kappa shape index (κ2) is 3.17. The van der Waals surface area contributed by atoms with Crippen molar-refractivity contribution < 1.29 is 0 Å². The predicted molar refractivity (Wildman–Crippen MR) is 47.8 cm³/mol. The SMILES string of the molecule is CN1N=CN(C(Cl)(Cl)Cl)C1C#N. The molecule has 1 rings (SSSR count). The van der Waals surface area contributed by atoms with Crippen LogP contribution in [0, 0.1) is 11.3 Å². The third kappa shape index (κ3) is 1.69. The number of nitriles is 1. The van der Waals surface area contributed by atoms with Crippen LogP contribution in [0.4, 0.5) is 0 Å². The van der Waals surface area contributed by atoms with Gasteiger partial charge < -0.3 is 0 Å². The van der Waals surface area contributed by atoms with Gasteiger partial charge in [-0.3, -0.25) is 9.91 Å². The molecule has 0 fully saturated rings. The third-order valence-electron chi connectivity index (χ3n) is 1.38. The van der Waals surface area contributed by atoms with Crippen LogP contribution < -0.4 is 0 Å². The lowest BCUT2D eigenvalue weighted by Gasteiger charge is -2.27. The van der Waals surface area contributed by atoms with Crippen molar-refractivity contribution in [2.75, 3.05) is 7.05 Å². The number of halogens is 3. The Labute approximate surface area is 84.9 Å². The fourth-order valence-corrected chi connectivity index (χ4v) is 1.20. The van der Waals surface area contributed by atoms with Gasteiger partial charge in [-0.2, -0.15) is 10.4 Å². The molecule has 0 bridgehead atoms. The van der Waals surface area contributed by atoms with Crippen LogP contribution in [-0.4, -0.2) is 33.4 Å². The Morgan fingerprint density at radius 1 is 1.58 bits per heavy atom. The lowest BCUT2D eigenvalue weighted by molar-refractivity contribution is 0.212. The van der Waals surface area contributed by atoms with Gasteiger partial charge in [0.15, 0.2) is 0 Å². The molecular weight excluding hydrogens is 222 g/mol. The van der Waals surface area contributed by atoms with E-state index in [0.29, 0.717) is 0 Å². The van der Waals surface area contributed by atoms with E-state index in [0.717, 1.165) is 0 Å². The zero-order chi connectivity index (χ0) is 9.35. The summed E-state index contributed by atoms with van der Waals surface area (Å²) >= 11 is 16.7. The quantitative estimate of drug-likeness (QED) is 0.463. The Kier molecular flexibility index (Phi) is 2.57. The molecule has 0 aromatic rings. The Balaban J connectivity index is 2.82. The fourth-order valence-electron chi connectivity index (χ4n) is 0.793. The third-order valence-corrected chi connectivity index (χ3v) is 1.97. The van der Waals surface area contributed by atoms with E-state index in [-0.39, 0.29) is 0 Å². The summed E-state index contributed by atoms with van der Waals surface area (Å²) in [5, 5.41) is 13.9. The molecule has 0 amide bonds. The first-order chi connectivity index (χ1) is 5.46. The van der Waals surface area contributed by atoms with Gasteiger partial charge in [0.05, 0.1) is 0 Å². The van der Waals surface area contributed by atoms with Crippen molar-refractivity contribution in [3.05, 3.63) is 0 Å². The van der Waals surface area contributed by atoms with E-state index in [1.165, 1.54) is 16.2 Å². The lowest BCUT2D eigenvalue weighted by Crippen LogP contribution is -2.43. The van der Waals surface area contributed by atoms with Gasteiger partial charge in [-0.25, -0.2) is 0 Å². The van der Waals surface area contributed by atoms with Gasteiger partial charge in [0.1, 0.15) is 12.4 Å². The Bertz CT molecular complexity index is 240. The Morgan fingerprint density at radius 3 is 2.50 bits per heavy atom. The minimum Gasteiger partial charge on any atom is -0.282 e. The minimum atomic E-state index is -1.63. The normalized spacial score (nSPS) is 23.1. The topological polar surface area (TPSA) is 42.6 Å². The maximum atomic E-state index is 8.68. The molecule has 0 aromatic carbocycles. The highest BCUT2D eigenvalue weighted by Crippen LogP contribution is 2.33. The molecule has 0 radical (unpaired) electrons. The maximum Gasteiger partial charge on any atom is 0.271 e. The van der Waals surface area contributed by atoms with Gasteiger partial charge in [0, 0.05) is 7.05 Å². The second-order valence-corrected chi connectivity index (χ2v) is 4.40. The van der Waals surface area contributed by atoms with E-state index >= 15 is 0 Å².